The number of hydrogen-bond donors (Lipinski definition) is 0. The van der Waals surface area contributed by atoms with Crippen molar-refractivity contribution < 1.29 is 0 Å². The summed E-state index contributed by atoms with van der Waals surface area (Å²) in [5.41, 5.74) is 15.5. The van der Waals surface area contributed by atoms with Crippen LogP contribution in [-0.2, 0) is 0 Å². The van der Waals surface area contributed by atoms with Gasteiger partial charge in [-0.1, -0.05) is 195 Å². The summed E-state index contributed by atoms with van der Waals surface area (Å²) in [6, 6.07) is 68.0. The molecule has 10 rings (SSSR count). The van der Waals surface area contributed by atoms with Crippen molar-refractivity contribution in [2.75, 3.05) is 9.80 Å². The molecule has 0 unspecified atom stereocenters. The van der Waals surface area contributed by atoms with Gasteiger partial charge in [-0.2, -0.15) is 0 Å². The predicted molar refractivity (Wildman–Crippen MR) is 275 cm³/mol. The van der Waals surface area contributed by atoms with Crippen LogP contribution in [0.15, 0.2) is 266 Å². The highest BCUT2D eigenvalue weighted by molar-refractivity contribution is 6.00. The van der Waals surface area contributed by atoms with Crippen LogP contribution in [0, 0.1) is 0 Å². The molecule has 8 aromatic rings. The van der Waals surface area contributed by atoms with Crippen LogP contribution in [0.5, 0.6) is 0 Å². The van der Waals surface area contributed by atoms with Crippen molar-refractivity contribution in [1.29, 1.82) is 0 Å². The highest BCUT2D eigenvalue weighted by Crippen LogP contribution is 2.44. The lowest BCUT2D eigenvalue weighted by molar-refractivity contribution is 0.851. The van der Waals surface area contributed by atoms with E-state index in [4.69, 9.17) is 0 Å². The van der Waals surface area contributed by atoms with Gasteiger partial charge in [0, 0.05) is 33.4 Å². The van der Waals surface area contributed by atoms with Crippen molar-refractivity contribution in [2.45, 2.75) is 25.7 Å². The molecule has 0 radical (unpaired) electrons. The van der Waals surface area contributed by atoms with E-state index in [0.717, 1.165) is 59.6 Å². The van der Waals surface area contributed by atoms with Gasteiger partial charge in [-0.15, -0.1) is 0 Å². The Bertz CT molecular complexity index is 3160. The van der Waals surface area contributed by atoms with Crippen LogP contribution >= 0.6 is 0 Å². The summed E-state index contributed by atoms with van der Waals surface area (Å²) in [5, 5.41) is 4.83. The molecule has 308 valence electrons. The molecule has 0 atom stereocenters. The van der Waals surface area contributed by atoms with E-state index in [-0.39, 0.29) is 0 Å². The molecule has 64 heavy (non-hydrogen) atoms. The summed E-state index contributed by atoms with van der Waals surface area (Å²) in [6.07, 6.45) is 24.0. The van der Waals surface area contributed by atoms with Gasteiger partial charge < -0.3 is 9.80 Å². The van der Waals surface area contributed by atoms with E-state index in [1.165, 1.54) is 60.8 Å². The fourth-order valence-corrected chi connectivity index (χ4v) is 9.29. The van der Waals surface area contributed by atoms with E-state index < -0.39 is 0 Å². The van der Waals surface area contributed by atoms with E-state index in [9.17, 15) is 0 Å². The van der Waals surface area contributed by atoms with Crippen molar-refractivity contribution in [3.05, 3.63) is 271 Å². The maximum absolute atomic E-state index is 4.08. The molecule has 0 spiro atoms. The monoisotopic (exact) mass is 822 g/mol. The number of hydrogen-bond acceptors (Lipinski definition) is 2. The van der Waals surface area contributed by atoms with E-state index in [1.807, 2.05) is 12.2 Å². The maximum atomic E-state index is 4.08. The Balaban J connectivity index is 1.10. The van der Waals surface area contributed by atoms with Crippen LogP contribution in [-0.4, -0.2) is 0 Å². The zero-order chi connectivity index (χ0) is 43.1. The highest BCUT2D eigenvalue weighted by Gasteiger charge is 2.23. The predicted octanol–water partition coefficient (Wildman–Crippen LogP) is 17.3. The van der Waals surface area contributed by atoms with Crippen LogP contribution in [0.3, 0.4) is 0 Å². The Hall–Kier alpha value is -7.94. The van der Waals surface area contributed by atoms with Crippen LogP contribution < -0.4 is 9.80 Å². The van der Waals surface area contributed by atoms with Crippen molar-refractivity contribution in [3.63, 3.8) is 0 Å². The molecule has 0 saturated carbocycles. The Kier molecular flexibility index (Phi) is 11.7. The Morgan fingerprint density at radius 2 is 1.12 bits per heavy atom. The SMILES string of the molecule is C=C/C=C\C(=C\c1cccc(-c2ccccc2N(C2=CC=C(C3=CC=CCC3)CC2)c2cccc3ccccc23)c1)N(c1ccc(-c2ccccc2)cc1)c1cccc2ccccc12. The molecule has 8 aromatic carbocycles. The fraction of sp³-hybridized carbons (Fsp3) is 0.0645. The second kappa shape index (κ2) is 18.6. The number of allylic oxidation sites excluding steroid dienone is 11. The summed E-state index contributed by atoms with van der Waals surface area (Å²) in [4.78, 5) is 4.89. The molecular formula is C62H50N2. The van der Waals surface area contributed by atoms with Crippen LogP contribution in [0.1, 0.15) is 31.2 Å². The lowest BCUT2D eigenvalue weighted by Crippen LogP contribution is -2.19. The normalized spacial score (nSPS) is 14.0. The average molecular weight is 823 g/mol. The second-order valence-electron chi connectivity index (χ2n) is 16.4. The number of anilines is 4. The minimum absolute atomic E-state index is 0.947. The van der Waals surface area contributed by atoms with Crippen molar-refractivity contribution in [1.82, 2.24) is 0 Å². The van der Waals surface area contributed by atoms with Gasteiger partial charge >= 0.3 is 0 Å². The van der Waals surface area contributed by atoms with Gasteiger partial charge in [0.2, 0.25) is 0 Å². The van der Waals surface area contributed by atoms with Gasteiger partial charge in [-0.25, -0.2) is 0 Å². The van der Waals surface area contributed by atoms with E-state index in [2.05, 4.69) is 247 Å². The standard InChI is InChI=1S/C62H50N2/c1-2-3-29-56(63(60-34-17-26-51-24-10-12-30-57(51)60)54-40-36-49(37-41-54)47-20-6-4-7-21-47)45-46-19-16-28-53(44-46)59-32-14-15-33-61(59)64(62-35-18-27-52-25-11-13-31-58(52)62)55-42-38-50(39-43-55)48-22-8-5-9-23-48/h2-8,10-22,24-38,40-42,44-45H,1,9,23,39,43H2/b29-3-,56-45-. The third-order valence-electron chi connectivity index (χ3n) is 12.4. The summed E-state index contributed by atoms with van der Waals surface area (Å²) < 4.78 is 0. The molecule has 0 amide bonds. The molecule has 0 heterocycles. The van der Waals surface area contributed by atoms with Gasteiger partial charge in [-0.05, 0) is 124 Å². The first-order chi connectivity index (χ1) is 31.7. The van der Waals surface area contributed by atoms with Crippen LogP contribution in [0.4, 0.5) is 22.7 Å². The molecule has 0 aromatic heterocycles. The molecule has 0 fully saturated rings. The van der Waals surface area contributed by atoms with Gasteiger partial charge in [0.1, 0.15) is 0 Å². The first-order valence-electron chi connectivity index (χ1n) is 22.4. The van der Waals surface area contributed by atoms with Crippen molar-refractivity contribution >= 4 is 50.4 Å². The Morgan fingerprint density at radius 3 is 1.86 bits per heavy atom. The van der Waals surface area contributed by atoms with Gasteiger partial charge in [0.25, 0.3) is 0 Å². The molecule has 0 saturated heterocycles. The molecular weight excluding hydrogens is 773 g/mol. The summed E-state index contributed by atoms with van der Waals surface area (Å²) >= 11 is 0. The summed E-state index contributed by atoms with van der Waals surface area (Å²) in [7, 11) is 0. The second-order valence-corrected chi connectivity index (χ2v) is 16.4. The lowest BCUT2D eigenvalue weighted by Gasteiger charge is -2.33. The molecule has 2 aliphatic rings. The zero-order valence-electron chi connectivity index (χ0n) is 36.0. The van der Waals surface area contributed by atoms with Crippen LogP contribution in [0.25, 0.3) is 49.9 Å². The Labute approximate surface area is 377 Å². The topological polar surface area (TPSA) is 6.48 Å². The van der Waals surface area contributed by atoms with Crippen molar-refractivity contribution in [2.24, 2.45) is 0 Å². The minimum Gasteiger partial charge on any atom is -0.313 e. The summed E-state index contributed by atoms with van der Waals surface area (Å²) in [6.45, 7) is 4.08. The average Bonchev–Trinajstić information content (AvgIpc) is 3.37. The van der Waals surface area contributed by atoms with Crippen molar-refractivity contribution in [3.8, 4) is 22.3 Å². The molecule has 2 heteroatoms. The number of para-hydroxylation sites is 1. The highest BCUT2D eigenvalue weighted by atomic mass is 15.2. The van der Waals surface area contributed by atoms with Gasteiger partial charge in [-0.3, -0.25) is 0 Å². The molecule has 2 aliphatic carbocycles. The quantitative estimate of drug-likeness (QED) is 0.113. The van der Waals surface area contributed by atoms with E-state index >= 15 is 0 Å². The van der Waals surface area contributed by atoms with Gasteiger partial charge in [0.05, 0.1) is 17.1 Å². The molecule has 0 bridgehead atoms. The first kappa shape index (κ1) is 40.2. The fourth-order valence-electron chi connectivity index (χ4n) is 9.29. The van der Waals surface area contributed by atoms with Crippen LogP contribution in [0.2, 0.25) is 0 Å². The third kappa shape index (κ3) is 8.34. The smallest absolute Gasteiger partial charge is 0.0540 e. The number of rotatable bonds is 12. The number of benzene rings is 8. The van der Waals surface area contributed by atoms with Gasteiger partial charge in [0.15, 0.2) is 0 Å². The van der Waals surface area contributed by atoms with E-state index in [1.54, 1.807) is 0 Å². The lowest BCUT2D eigenvalue weighted by atomic mass is 9.90. The first-order valence-corrected chi connectivity index (χ1v) is 22.4. The number of nitrogens with zero attached hydrogens (tertiary/aromatic N) is 2. The minimum atomic E-state index is 0.947. The Morgan fingerprint density at radius 1 is 0.500 bits per heavy atom. The maximum Gasteiger partial charge on any atom is 0.0540 e. The largest absolute Gasteiger partial charge is 0.313 e. The molecule has 0 aliphatic heterocycles. The molecule has 2 nitrogen and oxygen atoms in total. The number of fused-ring (bicyclic) bond motifs is 2. The zero-order valence-corrected chi connectivity index (χ0v) is 36.0. The third-order valence-corrected chi connectivity index (χ3v) is 12.4. The summed E-state index contributed by atoms with van der Waals surface area (Å²) in [5.74, 6) is 0. The molecule has 0 N–H and O–H groups in total. The van der Waals surface area contributed by atoms with E-state index in [0.29, 0.717) is 0 Å².